The van der Waals surface area contributed by atoms with Gasteiger partial charge in [-0.1, -0.05) is 5.16 Å². The maximum atomic E-state index is 12.6. The van der Waals surface area contributed by atoms with Gasteiger partial charge in [-0.05, 0) is 31.9 Å². The molecule has 0 atom stereocenters. The van der Waals surface area contributed by atoms with Crippen molar-refractivity contribution in [1.82, 2.24) is 20.0 Å². The molecule has 3 heterocycles. The highest BCUT2D eigenvalue weighted by Gasteiger charge is 2.28. The van der Waals surface area contributed by atoms with E-state index in [1.165, 1.54) is 6.39 Å². The Morgan fingerprint density at radius 2 is 2.23 bits per heavy atom. The smallest absolute Gasteiger partial charge is 0.259 e. The summed E-state index contributed by atoms with van der Waals surface area (Å²) < 4.78 is 10.2. The summed E-state index contributed by atoms with van der Waals surface area (Å²) in [4.78, 5) is 22.7. The highest BCUT2D eigenvalue weighted by Crippen LogP contribution is 2.27. The van der Waals surface area contributed by atoms with E-state index >= 15 is 0 Å². The van der Waals surface area contributed by atoms with Gasteiger partial charge in [0.2, 0.25) is 12.3 Å². The number of carbonyl (C=O) groups is 1. The van der Waals surface area contributed by atoms with Crippen LogP contribution in [-0.4, -0.2) is 45.6 Å². The Morgan fingerprint density at radius 3 is 2.91 bits per heavy atom. The second-order valence-corrected chi connectivity index (χ2v) is 5.15. The first-order chi connectivity index (χ1) is 10.8. The van der Waals surface area contributed by atoms with Crippen LogP contribution in [0.2, 0.25) is 0 Å². The summed E-state index contributed by atoms with van der Waals surface area (Å²) in [6.07, 6.45) is 4.63. The first kappa shape index (κ1) is 14.5. The van der Waals surface area contributed by atoms with Gasteiger partial charge in [0.25, 0.3) is 5.91 Å². The molecule has 0 aliphatic carbocycles. The third-order valence-corrected chi connectivity index (χ3v) is 3.81. The van der Waals surface area contributed by atoms with Crippen molar-refractivity contribution in [1.29, 1.82) is 0 Å². The molecule has 1 amide bonds. The summed E-state index contributed by atoms with van der Waals surface area (Å²) >= 11 is 0. The van der Waals surface area contributed by atoms with E-state index in [2.05, 4.69) is 15.1 Å². The van der Waals surface area contributed by atoms with E-state index in [1.807, 2.05) is 11.8 Å². The van der Waals surface area contributed by atoms with Crippen LogP contribution in [-0.2, 0) is 0 Å². The van der Waals surface area contributed by atoms with Crippen LogP contribution in [0.1, 0.15) is 41.9 Å². The van der Waals surface area contributed by atoms with Gasteiger partial charge in [-0.3, -0.25) is 4.79 Å². The molecule has 1 aliphatic rings. The highest BCUT2D eigenvalue weighted by atomic mass is 16.5. The molecule has 0 aromatic carbocycles. The predicted molar refractivity (Wildman–Crippen MR) is 77.6 cm³/mol. The van der Waals surface area contributed by atoms with Crippen molar-refractivity contribution in [3.05, 3.63) is 36.1 Å². The lowest BCUT2D eigenvalue weighted by Gasteiger charge is -2.30. The normalized spacial score (nSPS) is 15.8. The van der Waals surface area contributed by atoms with E-state index in [0.29, 0.717) is 31.1 Å². The van der Waals surface area contributed by atoms with E-state index in [1.54, 1.807) is 18.3 Å². The van der Waals surface area contributed by atoms with Gasteiger partial charge in [-0.15, -0.1) is 0 Å². The first-order valence-electron chi connectivity index (χ1n) is 7.43. The highest BCUT2D eigenvalue weighted by molar-refractivity contribution is 5.96. The molecule has 116 valence electrons. The zero-order valence-corrected chi connectivity index (χ0v) is 12.4. The third kappa shape index (κ3) is 2.93. The number of hydrogen-bond acceptors (Lipinski definition) is 6. The van der Waals surface area contributed by atoms with Gasteiger partial charge in [-0.2, -0.15) is 4.98 Å². The fourth-order valence-electron chi connectivity index (χ4n) is 2.68. The van der Waals surface area contributed by atoms with E-state index in [-0.39, 0.29) is 11.8 Å². The second kappa shape index (κ2) is 6.55. The molecule has 22 heavy (non-hydrogen) atoms. The maximum absolute atomic E-state index is 12.6. The van der Waals surface area contributed by atoms with E-state index in [9.17, 15) is 4.79 Å². The molecular weight excluding hydrogens is 284 g/mol. The molecule has 0 bridgehead atoms. The van der Waals surface area contributed by atoms with Gasteiger partial charge < -0.3 is 14.2 Å². The van der Waals surface area contributed by atoms with Crippen molar-refractivity contribution in [2.75, 3.05) is 19.7 Å². The van der Waals surface area contributed by atoms with Crippen LogP contribution in [0.25, 0.3) is 0 Å². The number of rotatable bonds is 4. The molecule has 0 radical (unpaired) electrons. The molecule has 2 aromatic rings. The number of pyridine rings is 1. The number of piperidine rings is 1. The largest absolute Gasteiger partial charge is 0.477 e. The number of likely N-dealkylation sites (tertiary alicyclic amines) is 1. The van der Waals surface area contributed by atoms with Gasteiger partial charge >= 0.3 is 0 Å². The number of aromatic nitrogens is 3. The summed E-state index contributed by atoms with van der Waals surface area (Å²) in [7, 11) is 0. The standard InChI is InChI=1S/C15H18N4O3/c1-2-21-14-12(4-3-7-16-14)15(20)19-8-5-11(6-9-19)13-17-10-22-18-13/h3-4,7,10-11H,2,5-6,8-9H2,1H3. The molecule has 0 spiro atoms. The van der Waals surface area contributed by atoms with Gasteiger partial charge in [0.05, 0.1) is 6.61 Å². The Morgan fingerprint density at radius 1 is 1.41 bits per heavy atom. The Labute approximate surface area is 128 Å². The lowest BCUT2D eigenvalue weighted by atomic mass is 9.96. The van der Waals surface area contributed by atoms with Crippen LogP contribution >= 0.6 is 0 Å². The molecule has 1 aliphatic heterocycles. The molecular formula is C15H18N4O3. The number of amides is 1. The number of ether oxygens (including phenoxy) is 1. The molecule has 2 aromatic heterocycles. The Kier molecular flexibility index (Phi) is 4.32. The average Bonchev–Trinajstić information content (AvgIpc) is 3.10. The Bertz CT molecular complexity index is 621. The van der Waals surface area contributed by atoms with Gasteiger partial charge in [0.1, 0.15) is 5.56 Å². The summed E-state index contributed by atoms with van der Waals surface area (Å²) in [5, 5.41) is 3.89. The van der Waals surface area contributed by atoms with Crippen LogP contribution in [0.4, 0.5) is 0 Å². The molecule has 1 saturated heterocycles. The van der Waals surface area contributed by atoms with Crippen molar-refractivity contribution in [2.45, 2.75) is 25.7 Å². The molecule has 3 rings (SSSR count). The summed E-state index contributed by atoms with van der Waals surface area (Å²) in [5.41, 5.74) is 0.516. The molecule has 1 fully saturated rings. The van der Waals surface area contributed by atoms with E-state index in [0.717, 1.165) is 18.7 Å². The molecule has 0 saturated carbocycles. The molecule has 0 unspecified atom stereocenters. The fourth-order valence-corrected chi connectivity index (χ4v) is 2.68. The number of hydrogen-bond donors (Lipinski definition) is 0. The lowest BCUT2D eigenvalue weighted by Crippen LogP contribution is -2.38. The Hall–Kier alpha value is -2.44. The van der Waals surface area contributed by atoms with Crippen molar-refractivity contribution >= 4 is 5.91 Å². The van der Waals surface area contributed by atoms with Crippen LogP contribution < -0.4 is 4.74 Å². The Balaban J connectivity index is 1.67. The van der Waals surface area contributed by atoms with Crippen molar-refractivity contribution in [3.63, 3.8) is 0 Å². The minimum atomic E-state index is -0.0388. The van der Waals surface area contributed by atoms with Crippen LogP contribution in [0.3, 0.4) is 0 Å². The summed E-state index contributed by atoms with van der Waals surface area (Å²) in [5.74, 6) is 1.34. The van der Waals surface area contributed by atoms with Crippen molar-refractivity contribution in [2.24, 2.45) is 0 Å². The minimum Gasteiger partial charge on any atom is -0.477 e. The van der Waals surface area contributed by atoms with Crippen LogP contribution in [0.15, 0.2) is 29.2 Å². The molecule has 0 N–H and O–H groups in total. The van der Waals surface area contributed by atoms with E-state index in [4.69, 9.17) is 9.26 Å². The van der Waals surface area contributed by atoms with Crippen molar-refractivity contribution < 1.29 is 14.1 Å². The quantitative estimate of drug-likeness (QED) is 0.857. The van der Waals surface area contributed by atoms with Gasteiger partial charge in [-0.25, -0.2) is 4.98 Å². The zero-order chi connectivity index (χ0) is 15.4. The second-order valence-electron chi connectivity index (χ2n) is 5.15. The lowest BCUT2D eigenvalue weighted by molar-refractivity contribution is 0.0705. The molecule has 7 nitrogen and oxygen atoms in total. The third-order valence-electron chi connectivity index (χ3n) is 3.81. The molecule has 7 heteroatoms. The van der Waals surface area contributed by atoms with Gasteiger partial charge in [0.15, 0.2) is 5.82 Å². The van der Waals surface area contributed by atoms with Gasteiger partial charge in [0, 0.05) is 25.2 Å². The summed E-state index contributed by atoms with van der Waals surface area (Å²) in [6, 6.07) is 3.51. The maximum Gasteiger partial charge on any atom is 0.259 e. The fraction of sp³-hybridized carbons (Fsp3) is 0.467. The predicted octanol–water partition coefficient (Wildman–Crippen LogP) is 1.88. The van der Waals surface area contributed by atoms with E-state index < -0.39 is 0 Å². The topological polar surface area (TPSA) is 81.4 Å². The minimum absolute atomic E-state index is 0.0388. The summed E-state index contributed by atoms with van der Waals surface area (Å²) in [6.45, 7) is 3.69. The SMILES string of the molecule is CCOc1ncccc1C(=O)N1CCC(c2ncon2)CC1. The van der Waals surface area contributed by atoms with Crippen LogP contribution in [0, 0.1) is 0 Å². The average molecular weight is 302 g/mol. The number of carbonyl (C=O) groups excluding carboxylic acids is 1. The zero-order valence-electron chi connectivity index (χ0n) is 12.4. The van der Waals surface area contributed by atoms with Crippen molar-refractivity contribution in [3.8, 4) is 5.88 Å². The number of nitrogens with zero attached hydrogens (tertiary/aromatic N) is 4. The monoisotopic (exact) mass is 302 g/mol. The first-order valence-corrected chi connectivity index (χ1v) is 7.43. The van der Waals surface area contributed by atoms with Crippen LogP contribution in [0.5, 0.6) is 5.88 Å².